The van der Waals surface area contributed by atoms with E-state index in [0.717, 1.165) is 30.4 Å². The van der Waals surface area contributed by atoms with Crippen LogP contribution in [0.4, 0.5) is 22.7 Å². The molecular formula is C16H15N3O6. The van der Waals surface area contributed by atoms with Gasteiger partial charge in [-0.2, -0.15) is 0 Å². The van der Waals surface area contributed by atoms with Crippen molar-refractivity contribution in [2.75, 3.05) is 12.4 Å². The molecule has 0 bridgehead atoms. The topological polar surface area (TPSA) is 125 Å². The summed E-state index contributed by atoms with van der Waals surface area (Å²) in [4.78, 5) is 32.8. The van der Waals surface area contributed by atoms with Crippen molar-refractivity contribution in [3.8, 4) is 0 Å². The van der Waals surface area contributed by atoms with Gasteiger partial charge in [0, 0.05) is 11.8 Å². The summed E-state index contributed by atoms with van der Waals surface area (Å²) in [6, 6.07) is 7.06. The van der Waals surface area contributed by atoms with Crippen molar-refractivity contribution in [3.63, 3.8) is 0 Å². The lowest BCUT2D eigenvalue weighted by atomic mass is 10.1. The number of ether oxygens (including phenoxy) is 1. The second kappa shape index (κ2) is 6.95. The van der Waals surface area contributed by atoms with Crippen molar-refractivity contribution < 1.29 is 19.4 Å². The number of aryl methyl sites for hydroxylation is 1. The first-order chi connectivity index (χ1) is 11.8. The molecule has 9 nitrogen and oxygen atoms in total. The summed E-state index contributed by atoms with van der Waals surface area (Å²) >= 11 is 0. The maximum atomic E-state index is 12.0. The van der Waals surface area contributed by atoms with Crippen LogP contribution in [0.2, 0.25) is 0 Å². The Balaban J connectivity index is 2.72. The van der Waals surface area contributed by atoms with Crippen LogP contribution in [0.15, 0.2) is 30.3 Å². The molecular weight excluding hydrogens is 330 g/mol. The molecule has 0 fully saturated rings. The number of hydrogen-bond donors (Lipinski definition) is 1. The summed E-state index contributed by atoms with van der Waals surface area (Å²) in [5.41, 5.74) is 0.705. The Hall–Kier alpha value is -3.49. The van der Waals surface area contributed by atoms with Crippen LogP contribution in [-0.2, 0) is 4.74 Å². The Bertz CT molecular complexity index is 878. The normalized spacial score (nSPS) is 10.2. The maximum absolute atomic E-state index is 12.0. The molecule has 1 N–H and O–H groups in total. The maximum Gasteiger partial charge on any atom is 0.340 e. The highest BCUT2D eigenvalue weighted by atomic mass is 16.6. The van der Waals surface area contributed by atoms with E-state index in [9.17, 15) is 25.0 Å². The molecule has 25 heavy (non-hydrogen) atoms. The Labute approximate surface area is 142 Å². The molecule has 0 unspecified atom stereocenters. The predicted molar refractivity (Wildman–Crippen MR) is 90.3 cm³/mol. The lowest BCUT2D eigenvalue weighted by Gasteiger charge is -2.14. The van der Waals surface area contributed by atoms with Gasteiger partial charge in [-0.3, -0.25) is 20.2 Å². The van der Waals surface area contributed by atoms with Crippen LogP contribution in [0.3, 0.4) is 0 Å². The van der Waals surface area contributed by atoms with E-state index in [0.29, 0.717) is 5.69 Å². The van der Waals surface area contributed by atoms with Gasteiger partial charge in [-0.1, -0.05) is 12.1 Å². The Kier molecular flexibility index (Phi) is 4.97. The van der Waals surface area contributed by atoms with Crippen LogP contribution >= 0.6 is 0 Å². The van der Waals surface area contributed by atoms with Crippen LogP contribution in [0.5, 0.6) is 0 Å². The second-order valence-electron chi connectivity index (χ2n) is 5.27. The highest BCUT2D eigenvalue weighted by Gasteiger charge is 2.28. The summed E-state index contributed by atoms with van der Waals surface area (Å²) in [6.45, 7) is 3.68. The van der Waals surface area contributed by atoms with Crippen LogP contribution in [0.1, 0.15) is 21.5 Å². The molecule has 2 rings (SSSR count). The summed E-state index contributed by atoms with van der Waals surface area (Å²) in [5, 5.41) is 25.3. The molecule has 0 aromatic heterocycles. The zero-order chi connectivity index (χ0) is 18.7. The van der Waals surface area contributed by atoms with E-state index in [1.165, 1.54) is 0 Å². The molecule has 9 heteroatoms. The van der Waals surface area contributed by atoms with Crippen molar-refractivity contribution >= 4 is 28.7 Å². The number of carbonyl (C=O) groups is 1. The zero-order valence-corrected chi connectivity index (χ0v) is 13.7. The summed E-state index contributed by atoms with van der Waals surface area (Å²) < 4.78 is 4.61. The van der Waals surface area contributed by atoms with Gasteiger partial charge in [0.25, 0.3) is 11.4 Å². The smallest absolute Gasteiger partial charge is 0.340 e. The number of hydrogen-bond acceptors (Lipinski definition) is 7. The van der Waals surface area contributed by atoms with Crippen LogP contribution in [0, 0.1) is 34.1 Å². The molecule has 0 saturated heterocycles. The van der Waals surface area contributed by atoms with Gasteiger partial charge in [-0.25, -0.2) is 4.79 Å². The standard InChI is InChI=1S/C16H15N3O6/c1-9-5-4-6-13(10(9)2)17-15-12(16(20)25-3)7-11(18(21)22)8-14(15)19(23)24/h4-8,17H,1-3H3. The number of nitrogens with one attached hydrogen (secondary N) is 1. The number of rotatable bonds is 5. The number of nitrogens with zero attached hydrogens (tertiary/aromatic N) is 2. The van der Waals surface area contributed by atoms with Gasteiger partial charge in [0.2, 0.25) is 0 Å². The van der Waals surface area contributed by atoms with E-state index in [2.05, 4.69) is 10.1 Å². The van der Waals surface area contributed by atoms with Crippen LogP contribution in [-0.4, -0.2) is 22.9 Å². The number of nitro benzene ring substituents is 2. The monoisotopic (exact) mass is 345 g/mol. The largest absolute Gasteiger partial charge is 0.465 e. The second-order valence-corrected chi connectivity index (χ2v) is 5.27. The number of benzene rings is 2. The number of methoxy groups -OCH3 is 1. The SMILES string of the molecule is COC(=O)c1cc([N+](=O)[O-])cc([N+](=O)[O-])c1Nc1cccc(C)c1C. The minimum Gasteiger partial charge on any atom is -0.465 e. The minimum absolute atomic E-state index is 0.156. The van der Waals surface area contributed by atoms with Crippen LogP contribution < -0.4 is 5.32 Å². The molecule has 0 radical (unpaired) electrons. The molecule has 0 aliphatic carbocycles. The first kappa shape index (κ1) is 17.9. The number of esters is 1. The minimum atomic E-state index is -0.917. The van der Waals surface area contributed by atoms with Crippen molar-refractivity contribution in [3.05, 3.63) is 67.3 Å². The fourth-order valence-corrected chi connectivity index (χ4v) is 2.28. The average molecular weight is 345 g/mol. The van der Waals surface area contributed by atoms with E-state index in [4.69, 9.17) is 0 Å². The van der Waals surface area contributed by atoms with Crippen molar-refractivity contribution in [2.24, 2.45) is 0 Å². The summed E-state index contributed by atoms with van der Waals surface area (Å²) in [6.07, 6.45) is 0. The van der Waals surface area contributed by atoms with E-state index >= 15 is 0 Å². The van der Waals surface area contributed by atoms with E-state index in [1.54, 1.807) is 12.1 Å². The zero-order valence-electron chi connectivity index (χ0n) is 13.7. The molecule has 0 saturated carbocycles. The average Bonchev–Trinajstić information content (AvgIpc) is 2.57. The number of carbonyl (C=O) groups excluding carboxylic acids is 1. The van der Waals surface area contributed by atoms with Gasteiger partial charge in [0.1, 0.15) is 5.69 Å². The van der Waals surface area contributed by atoms with Gasteiger partial charge in [-0.15, -0.1) is 0 Å². The summed E-state index contributed by atoms with van der Waals surface area (Å²) in [5.74, 6) is -0.917. The number of non-ortho nitro benzene ring substituents is 1. The highest BCUT2D eigenvalue weighted by Crippen LogP contribution is 2.36. The van der Waals surface area contributed by atoms with Crippen molar-refractivity contribution in [1.29, 1.82) is 0 Å². The Morgan fingerprint density at radius 1 is 1.12 bits per heavy atom. The third-order valence-corrected chi connectivity index (χ3v) is 3.78. The van der Waals surface area contributed by atoms with E-state index < -0.39 is 27.2 Å². The predicted octanol–water partition coefficient (Wildman–Crippen LogP) is 3.65. The Morgan fingerprint density at radius 3 is 2.36 bits per heavy atom. The molecule has 0 aliphatic heterocycles. The van der Waals surface area contributed by atoms with E-state index in [1.807, 2.05) is 19.9 Å². The Morgan fingerprint density at radius 2 is 1.80 bits per heavy atom. The van der Waals surface area contributed by atoms with Gasteiger partial charge < -0.3 is 10.1 Å². The first-order valence-corrected chi connectivity index (χ1v) is 7.14. The third kappa shape index (κ3) is 3.55. The van der Waals surface area contributed by atoms with Gasteiger partial charge in [0.05, 0.1) is 28.6 Å². The number of nitro groups is 2. The van der Waals surface area contributed by atoms with Gasteiger partial charge in [-0.05, 0) is 31.0 Å². The first-order valence-electron chi connectivity index (χ1n) is 7.14. The quantitative estimate of drug-likeness (QED) is 0.498. The lowest BCUT2D eigenvalue weighted by Crippen LogP contribution is -2.10. The lowest BCUT2D eigenvalue weighted by molar-refractivity contribution is -0.393. The van der Waals surface area contributed by atoms with Crippen molar-refractivity contribution in [2.45, 2.75) is 13.8 Å². The van der Waals surface area contributed by atoms with Gasteiger partial charge in [0.15, 0.2) is 0 Å². The molecule has 2 aromatic carbocycles. The van der Waals surface area contributed by atoms with E-state index in [-0.39, 0.29) is 11.3 Å². The molecule has 0 atom stereocenters. The molecule has 0 spiro atoms. The molecule has 130 valence electrons. The molecule has 2 aromatic rings. The third-order valence-electron chi connectivity index (χ3n) is 3.78. The van der Waals surface area contributed by atoms with Crippen molar-refractivity contribution in [1.82, 2.24) is 0 Å². The molecule has 0 amide bonds. The number of anilines is 2. The van der Waals surface area contributed by atoms with Crippen LogP contribution in [0.25, 0.3) is 0 Å². The molecule has 0 heterocycles. The highest BCUT2D eigenvalue weighted by molar-refractivity contribution is 6.00. The fourth-order valence-electron chi connectivity index (χ4n) is 2.28. The van der Waals surface area contributed by atoms with Gasteiger partial charge >= 0.3 is 5.97 Å². The summed E-state index contributed by atoms with van der Waals surface area (Å²) in [7, 11) is 1.09. The fraction of sp³-hybridized carbons (Fsp3) is 0.188. The molecule has 0 aliphatic rings.